The zero-order valence-electron chi connectivity index (χ0n) is 9.40. The highest BCUT2D eigenvalue weighted by atomic mass is 35.5. The molecule has 0 unspecified atom stereocenters. The number of nitrogens with one attached hydrogen (secondary N) is 1. The van der Waals surface area contributed by atoms with Gasteiger partial charge in [0, 0.05) is 18.4 Å². The van der Waals surface area contributed by atoms with Crippen LogP contribution in [0.3, 0.4) is 0 Å². The van der Waals surface area contributed by atoms with Crippen molar-refractivity contribution in [2.45, 2.75) is 18.9 Å². The fraction of sp³-hybridized carbons (Fsp3) is 0.455. The van der Waals surface area contributed by atoms with Gasteiger partial charge in [-0.3, -0.25) is 4.79 Å². The minimum atomic E-state index is -0.368. The van der Waals surface area contributed by atoms with Crippen molar-refractivity contribution in [2.24, 2.45) is 0 Å². The maximum Gasteiger partial charge on any atom is 0.253 e. The fourth-order valence-corrected chi connectivity index (χ4v) is 1.86. The lowest BCUT2D eigenvalue weighted by Gasteiger charge is -2.11. The third-order valence-electron chi connectivity index (χ3n) is 2.47. The van der Waals surface area contributed by atoms with Gasteiger partial charge in [-0.25, -0.2) is 4.98 Å². The zero-order valence-corrected chi connectivity index (χ0v) is 10.2. The standard InChI is InChI=1S/C11H13ClN2O3/c1-16-10-6-7(5-9(12)14-10)13-11(15)8-3-2-4-17-8/h5-6,8H,2-4H2,1H3,(H,13,14,15)/t8-/m1/s1. The van der Waals surface area contributed by atoms with Gasteiger partial charge >= 0.3 is 0 Å². The summed E-state index contributed by atoms with van der Waals surface area (Å²) in [5.41, 5.74) is 0.558. The van der Waals surface area contributed by atoms with Gasteiger partial charge in [0.25, 0.3) is 5.91 Å². The molecule has 1 aromatic heterocycles. The first-order chi connectivity index (χ1) is 8.19. The van der Waals surface area contributed by atoms with Gasteiger partial charge in [-0.15, -0.1) is 0 Å². The number of hydrogen-bond donors (Lipinski definition) is 1. The van der Waals surface area contributed by atoms with Gasteiger partial charge in [-0.1, -0.05) is 11.6 Å². The molecule has 0 aliphatic carbocycles. The van der Waals surface area contributed by atoms with E-state index in [0.717, 1.165) is 12.8 Å². The number of nitrogens with zero attached hydrogens (tertiary/aromatic N) is 1. The minimum Gasteiger partial charge on any atom is -0.481 e. The topological polar surface area (TPSA) is 60.5 Å². The summed E-state index contributed by atoms with van der Waals surface area (Å²) >= 11 is 5.80. The summed E-state index contributed by atoms with van der Waals surface area (Å²) in [7, 11) is 1.49. The molecular weight excluding hydrogens is 244 g/mol. The monoisotopic (exact) mass is 256 g/mol. The normalized spacial score (nSPS) is 19.1. The zero-order chi connectivity index (χ0) is 12.3. The summed E-state index contributed by atoms with van der Waals surface area (Å²) in [6.07, 6.45) is 1.30. The highest BCUT2D eigenvalue weighted by Crippen LogP contribution is 2.21. The molecule has 2 heterocycles. The predicted octanol–water partition coefficient (Wildman–Crippen LogP) is 1.86. The van der Waals surface area contributed by atoms with E-state index in [2.05, 4.69) is 10.3 Å². The number of aromatic nitrogens is 1. The number of amides is 1. The van der Waals surface area contributed by atoms with Crippen LogP contribution < -0.4 is 10.1 Å². The molecule has 1 saturated heterocycles. The Morgan fingerprint density at radius 1 is 1.65 bits per heavy atom. The molecule has 0 saturated carbocycles. The average molecular weight is 257 g/mol. The number of carbonyl (C=O) groups is 1. The first-order valence-electron chi connectivity index (χ1n) is 5.33. The lowest BCUT2D eigenvalue weighted by Crippen LogP contribution is -2.26. The van der Waals surface area contributed by atoms with E-state index in [1.165, 1.54) is 7.11 Å². The Bertz CT molecular complexity index is 419. The van der Waals surface area contributed by atoms with Gasteiger partial charge in [0.2, 0.25) is 5.88 Å². The van der Waals surface area contributed by atoms with Gasteiger partial charge < -0.3 is 14.8 Å². The molecule has 6 heteroatoms. The van der Waals surface area contributed by atoms with Crippen LogP contribution in [0.15, 0.2) is 12.1 Å². The predicted molar refractivity (Wildman–Crippen MR) is 63.4 cm³/mol. The summed E-state index contributed by atoms with van der Waals surface area (Å²) in [5.74, 6) is 0.201. The molecule has 1 atom stereocenters. The highest BCUT2D eigenvalue weighted by Gasteiger charge is 2.23. The van der Waals surface area contributed by atoms with Crippen LogP contribution in [-0.2, 0) is 9.53 Å². The van der Waals surface area contributed by atoms with Crippen molar-refractivity contribution in [3.05, 3.63) is 17.3 Å². The van der Waals surface area contributed by atoms with Crippen LogP contribution in [0.1, 0.15) is 12.8 Å². The number of ether oxygens (including phenoxy) is 2. The molecule has 1 aliphatic rings. The summed E-state index contributed by atoms with van der Waals surface area (Å²) in [6.45, 7) is 0.637. The minimum absolute atomic E-state index is 0.160. The van der Waals surface area contributed by atoms with Crippen molar-refractivity contribution in [2.75, 3.05) is 19.0 Å². The van der Waals surface area contributed by atoms with Crippen LogP contribution in [0.25, 0.3) is 0 Å². The Balaban J connectivity index is 2.06. The van der Waals surface area contributed by atoms with E-state index in [-0.39, 0.29) is 17.2 Å². The van der Waals surface area contributed by atoms with E-state index in [9.17, 15) is 4.79 Å². The van der Waals surface area contributed by atoms with E-state index in [1.54, 1.807) is 12.1 Å². The molecule has 1 aliphatic heterocycles. The van der Waals surface area contributed by atoms with Gasteiger partial charge in [0.15, 0.2) is 0 Å². The Labute approximate surface area is 104 Å². The maximum atomic E-state index is 11.8. The fourth-order valence-electron chi connectivity index (χ4n) is 1.66. The molecule has 1 aromatic rings. The van der Waals surface area contributed by atoms with Crippen LogP contribution in [0.5, 0.6) is 5.88 Å². The third kappa shape index (κ3) is 3.08. The first-order valence-corrected chi connectivity index (χ1v) is 5.71. The Kier molecular flexibility index (Phi) is 3.81. The molecule has 92 valence electrons. The van der Waals surface area contributed by atoms with Crippen molar-refractivity contribution in [3.63, 3.8) is 0 Å². The molecule has 1 amide bonds. The lowest BCUT2D eigenvalue weighted by atomic mass is 10.2. The summed E-state index contributed by atoms with van der Waals surface area (Å²) < 4.78 is 10.2. The van der Waals surface area contributed by atoms with E-state index in [1.807, 2.05) is 0 Å². The number of anilines is 1. The van der Waals surface area contributed by atoms with E-state index < -0.39 is 0 Å². The summed E-state index contributed by atoms with van der Waals surface area (Å²) in [6, 6.07) is 3.18. The molecule has 17 heavy (non-hydrogen) atoms. The number of carbonyl (C=O) groups excluding carboxylic acids is 1. The molecule has 5 nitrogen and oxygen atoms in total. The maximum absolute atomic E-state index is 11.8. The Morgan fingerprint density at radius 2 is 2.47 bits per heavy atom. The number of pyridine rings is 1. The summed E-state index contributed by atoms with van der Waals surface area (Å²) in [4.78, 5) is 15.7. The largest absolute Gasteiger partial charge is 0.481 e. The molecule has 2 rings (SSSR count). The van der Waals surface area contributed by atoms with Gasteiger partial charge in [0.1, 0.15) is 11.3 Å². The first kappa shape index (κ1) is 12.1. The van der Waals surface area contributed by atoms with E-state index in [4.69, 9.17) is 21.1 Å². The van der Waals surface area contributed by atoms with Crippen molar-refractivity contribution >= 4 is 23.2 Å². The molecule has 1 fully saturated rings. The van der Waals surface area contributed by atoms with Gasteiger partial charge in [0.05, 0.1) is 7.11 Å². The van der Waals surface area contributed by atoms with Gasteiger partial charge in [-0.2, -0.15) is 0 Å². The van der Waals surface area contributed by atoms with Crippen LogP contribution in [0.4, 0.5) is 5.69 Å². The quantitative estimate of drug-likeness (QED) is 0.839. The number of halogens is 1. The Morgan fingerprint density at radius 3 is 3.12 bits per heavy atom. The van der Waals surface area contributed by atoms with Crippen molar-refractivity contribution in [1.29, 1.82) is 0 Å². The van der Waals surface area contributed by atoms with E-state index in [0.29, 0.717) is 18.2 Å². The van der Waals surface area contributed by atoms with Crippen molar-refractivity contribution < 1.29 is 14.3 Å². The summed E-state index contributed by atoms with van der Waals surface area (Å²) in [5, 5.41) is 3.00. The van der Waals surface area contributed by atoms with Crippen LogP contribution in [-0.4, -0.2) is 30.7 Å². The molecule has 1 N–H and O–H groups in total. The third-order valence-corrected chi connectivity index (χ3v) is 2.66. The number of methoxy groups -OCH3 is 1. The van der Waals surface area contributed by atoms with Crippen molar-refractivity contribution in [1.82, 2.24) is 4.98 Å². The van der Waals surface area contributed by atoms with Crippen LogP contribution in [0, 0.1) is 0 Å². The van der Waals surface area contributed by atoms with Gasteiger partial charge in [-0.05, 0) is 18.9 Å². The second-order valence-electron chi connectivity index (χ2n) is 3.71. The average Bonchev–Trinajstić information content (AvgIpc) is 2.81. The lowest BCUT2D eigenvalue weighted by molar-refractivity contribution is -0.124. The second-order valence-corrected chi connectivity index (χ2v) is 4.10. The second kappa shape index (κ2) is 5.33. The molecule has 0 radical (unpaired) electrons. The van der Waals surface area contributed by atoms with Crippen LogP contribution in [0.2, 0.25) is 5.15 Å². The molecule has 0 spiro atoms. The number of hydrogen-bond acceptors (Lipinski definition) is 4. The Hall–Kier alpha value is -1.33. The molecular formula is C11H13ClN2O3. The molecule has 0 bridgehead atoms. The smallest absolute Gasteiger partial charge is 0.253 e. The SMILES string of the molecule is COc1cc(NC(=O)[C@H]2CCCO2)cc(Cl)n1. The van der Waals surface area contributed by atoms with Crippen molar-refractivity contribution in [3.8, 4) is 5.88 Å². The number of rotatable bonds is 3. The highest BCUT2D eigenvalue weighted by molar-refractivity contribution is 6.29. The van der Waals surface area contributed by atoms with E-state index >= 15 is 0 Å². The molecule has 0 aromatic carbocycles. The van der Waals surface area contributed by atoms with Crippen LogP contribution >= 0.6 is 11.6 Å².